The maximum absolute atomic E-state index is 13.8. The van der Waals surface area contributed by atoms with Crippen LogP contribution in [0.5, 0.6) is 5.75 Å². The highest BCUT2D eigenvalue weighted by Gasteiger charge is 2.26. The highest BCUT2D eigenvalue weighted by molar-refractivity contribution is 5.90. The van der Waals surface area contributed by atoms with E-state index >= 15 is 0 Å². The molecule has 0 aromatic heterocycles. The molecule has 1 unspecified atom stereocenters. The Kier molecular flexibility index (Phi) is 5.35. The SMILES string of the molecule is CC(C)Oc1ccc(CCNC(=O)C2CCC(=O)N2)cc1F. The zero-order valence-electron chi connectivity index (χ0n) is 12.8. The molecule has 2 rings (SSSR count). The normalized spacial score (nSPS) is 17.5. The second kappa shape index (κ2) is 7.24. The lowest BCUT2D eigenvalue weighted by atomic mass is 10.1. The van der Waals surface area contributed by atoms with Crippen LogP contribution in [-0.2, 0) is 16.0 Å². The van der Waals surface area contributed by atoms with Crippen molar-refractivity contribution in [1.29, 1.82) is 0 Å². The summed E-state index contributed by atoms with van der Waals surface area (Å²) >= 11 is 0. The van der Waals surface area contributed by atoms with E-state index in [1.807, 2.05) is 13.8 Å². The van der Waals surface area contributed by atoms with Gasteiger partial charge < -0.3 is 15.4 Å². The summed E-state index contributed by atoms with van der Waals surface area (Å²) in [6.07, 6.45) is 1.35. The van der Waals surface area contributed by atoms with Crippen molar-refractivity contribution in [3.05, 3.63) is 29.6 Å². The van der Waals surface area contributed by atoms with E-state index in [4.69, 9.17) is 4.74 Å². The van der Waals surface area contributed by atoms with Crippen molar-refractivity contribution in [3.63, 3.8) is 0 Å². The van der Waals surface area contributed by atoms with Crippen LogP contribution in [0.4, 0.5) is 4.39 Å². The van der Waals surface area contributed by atoms with E-state index in [2.05, 4.69) is 10.6 Å². The fourth-order valence-corrected chi connectivity index (χ4v) is 2.31. The van der Waals surface area contributed by atoms with Gasteiger partial charge in [0.1, 0.15) is 6.04 Å². The average Bonchev–Trinajstić information content (AvgIpc) is 2.88. The molecule has 1 fully saturated rings. The molecule has 0 bridgehead atoms. The molecule has 1 atom stereocenters. The molecule has 1 aromatic rings. The van der Waals surface area contributed by atoms with Gasteiger partial charge in [0.25, 0.3) is 0 Å². The molecule has 120 valence electrons. The Bertz CT molecular complexity index is 560. The van der Waals surface area contributed by atoms with Gasteiger partial charge in [-0.3, -0.25) is 9.59 Å². The summed E-state index contributed by atoms with van der Waals surface area (Å²) in [4.78, 5) is 22.9. The first-order valence-electron chi connectivity index (χ1n) is 7.48. The lowest BCUT2D eigenvalue weighted by molar-refractivity contribution is -0.125. The number of hydrogen-bond donors (Lipinski definition) is 2. The van der Waals surface area contributed by atoms with Gasteiger partial charge in [-0.15, -0.1) is 0 Å². The molecule has 6 heteroatoms. The van der Waals surface area contributed by atoms with Crippen molar-refractivity contribution in [2.45, 2.75) is 45.3 Å². The Labute approximate surface area is 129 Å². The number of carbonyl (C=O) groups is 2. The van der Waals surface area contributed by atoms with Crippen LogP contribution in [0.2, 0.25) is 0 Å². The van der Waals surface area contributed by atoms with Crippen molar-refractivity contribution in [2.75, 3.05) is 6.54 Å². The molecule has 0 spiro atoms. The monoisotopic (exact) mass is 308 g/mol. The first-order chi connectivity index (χ1) is 10.5. The van der Waals surface area contributed by atoms with Crippen LogP contribution in [0.25, 0.3) is 0 Å². The molecule has 1 heterocycles. The third-order valence-electron chi connectivity index (χ3n) is 3.38. The fourth-order valence-electron chi connectivity index (χ4n) is 2.31. The number of rotatable bonds is 6. The minimum atomic E-state index is -0.439. The molecule has 1 aliphatic heterocycles. The number of amides is 2. The quantitative estimate of drug-likeness (QED) is 0.838. The predicted molar refractivity (Wildman–Crippen MR) is 80.0 cm³/mol. The Hall–Kier alpha value is -2.11. The van der Waals surface area contributed by atoms with Gasteiger partial charge in [0, 0.05) is 13.0 Å². The lowest BCUT2D eigenvalue weighted by Crippen LogP contribution is -2.42. The molecule has 5 nitrogen and oxygen atoms in total. The smallest absolute Gasteiger partial charge is 0.242 e. The molecular weight excluding hydrogens is 287 g/mol. The van der Waals surface area contributed by atoms with E-state index in [-0.39, 0.29) is 23.7 Å². The minimum Gasteiger partial charge on any atom is -0.488 e. The molecular formula is C16H21FN2O3. The molecule has 2 amide bonds. The van der Waals surface area contributed by atoms with E-state index in [9.17, 15) is 14.0 Å². The van der Waals surface area contributed by atoms with Gasteiger partial charge in [-0.05, 0) is 44.4 Å². The highest BCUT2D eigenvalue weighted by Crippen LogP contribution is 2.19. The summed E-state index contributed by atoms with van der Waals surface area (Å²) in [6, 6.07) is 4.36. The summed E-state index contributed by atoms with van der Waals surface area (Å²) in [5.41, 5.74) is 0.782. The average molecular weight is 308 g/mol. The second-order valence-corrected chi connectivity index (χ2v) is 5.63. The van der Waals surface area contributed by atoms with Crippen LogP contribution in [0.15, 0.2) is 18.2 Å². The summed E-state index contributed by atoms with van der Waals surface area (Å²) < 4.78 is 19.2. The third kappa shape index (κ3) is 4.44. The first kappa shape index (κ1) is 16.3. The van der Waals surface area contributed by atoms with E-state index < -0.39 is 11.9 Å². The minimum absolute atomic E-state index is 0.0822. The van der Waals surface area contributed by atoms with Crippen molar-refractivity contribution in [2.24, 2.45) is 0 Å². The van der Waals surface area contributed by atoms with Crippen LogP contribution >= 0.6 is 0 Å². The molecule has 0 radical (unpaired) electrons. The van der Waals surface area contributed by atoms with Crippen molar-refractivity contribution >= 4 is 11.8 Å². The Morgan fingerprint density at radius 2 is 2.27 bits per heavy atom. The van der Waals surface area contributed by atoms with E-state index in [0.29, 0.717) is 25.8 Å². The molecule has 1 aromatic carbocycles. The largest absolute Gasteiger partial charge is 0.488 e. The molecule has 0 saturated carbocycles. The van der Waals surface area contributed by atoms with Crippen LogP contribution in [0.3, 0.4) is 0 Å². The van der Waals surface area contributed by atoms with Crippen LogP contribution in [0, 0.1) is 5.82 Å². The van der Waals surface area contributed by atoms with E-state index in [0.717, 1.165) is 5.56 Å². The number of carbonyl (C=O) groups excluding carboxylic acids is 2. The number of hydrogen-bond acceptors (Lipinski definition) is 3. The Balaban J connectivity index is 1.80. The van der Waals surface area contributed by atoms with Gasteiger partial charge in [0.15, 0.2) is 11.6 Å². The van der Waals surface area contributed by atoms with Crippen molar-refractivity contribution in [1.82, 2.24) is 10.6 Å². The molecule has 22 heavy (non-hydrogen) atoms. The molecule has 1 saturated heterocycles. The van der Waals surface area contributed by atoms with Crippen LogP contribution in [-0.4, -0.2) is 30.5 Å². The zero-order valence-corrected chi connectivity index (χ0v) is 12.8. The maximum atomic E-state index is 13.8. The topological polar surface area (TPSA) is 67.4 Å². The third-order valence-corrected chi connectivity index (χ3v) is 3.38. The van der Waals surface area contributed by atoms with Gasteiger partial charge in [-0.2, -0.15) is 0 Å². The van der Waals surface area contributed by atoms with Crippen LogP contribution < -0.4 is 15.4 Å². The number of benzene rings is 1. The maximum Gasteiger partial charge on any atom is 0.242 e. The number of nitrogens with one attached hydrogen (secondary N) is 2. The first-order valence-corrected chi connectivity index (χ1v) is 7.48. The van der Waals surface area contributed by atoms with Crippen LogP contribution in [0.1, 0.15) is 32.3 Å². The highest BCUT2D eigenvalue weighted by atomic mass is 19.1. The molecule has 0 aliphatic carbocycles. The Morgan fingerprint density at radius 3 is 2.86 bits per heavy atom. The summed E-state index contributed by atoms with van der Waals surface area (Å²) in [6.45, 7) is 4.07. The van der Waals surface area contributed by atoms with E-state index in [1.165, 1.54) is 6.07 Å². The fraction of sp³-hybridized carbons (Fsp3) is 0.500. The Morgan fingerprint density at radius 1 is 1.50 bits per heavy atom. The van der Waals surface area contributed by atoms with Gasteiger partial charge in [0.2, 0.25) is 11.8 Å². The van der Waals surface area contributed by atoms with Gasteiger partial charge in [-0.25, -0.2) is 4.39 Å². The lowest BCUT2D eigenvalue weighted by Gasteiger charge is -2.12. The standard InChI is InChI=1S/C16H21FN2O3/c1-10(2)22-14-5-3-11(9-12(14)17)7-8-18-16(21)13-4-6-15(20)19-13/h3,5,9-10,13H,4,6-8H2,1-2H3,(H,18,21)(H,19,20). The van der Waals surface area contributed by atoms with Gasteiger partial charge >= 0.3 is 0 Å². The predicted octanol–water partition coefficient (Wildman–Crippen LogP) is 1.55. The van der Waals surface area contributed by atoms with Crippen molar-refractivity contribution < 1.29 is 18.7 Å². The zero-order chi connectivity index (χ0) is 16.1. The molecule has 2 N–H and O–H groups in total. The second-order valence-electron chi connectivity index (χ2n) is 5.63. The van der Waals surface area contributed by atoms with Crippen molar-refractivity contribution in [3.8, 4) is 5.75 Å². The van der Waals surface area contributed by atoms with Gasteiger partial charge in [-0.1, -0.05) is 6.07 Å². The summed E-state index contributed by atoms with van der Waals surface area (Å²) in [5.74, 6) is -0.453. The summed E-state index contributed by atoms with van der Waals surface area (Å²) in [5, 5.41) is 5.36. The number of ether oxygens (including phenoxy) is 1. The van der Waals surface area contributed by atoms with Gasteiger partial charge in [0.05, 0.1) is 6.10 Å². The van der Waals surface area contributed by atoms with E-state index in [1.54, 1.807) is 12.1 Å². The molecule has 1 aliphatic rings. The number of halogens is 1. The summed E-state index contributed by atoms with van der Waals surface area (Å²) in [7, 11) is 0.